The quantitative estimate of drug-likeness (QED) is 0.660. The lowest BCUT2D eigenvalue weighted by molar-refractivity contribution is -0.145. The van der Waals surface area contributed by atoms with Gasteiger partial charge in [-0.2, -0.15) is 0 Å². The van der Waals surface area contributed by atoms with Crippen molar-refractivity contribution in [1.29, 1.82) is 0 Å². The number of aryl methyl sites for hydroxylation is 1. The molecule has 0 spiro atoms. The van der Waals surface area contributed by atoms with E-state index < -0.39 is 12.0 Å². The van der Waals surface area contributed by atoms with Gasteiger partial charge < -0.3 is 5.11 Å². The van der Waals surface area contributed by atoms with Gasteiger partial charge in [-0.1, -0.05) is 67.2 Å². The summed E-state index contributed by atoms with van der Waals surface area (Å²) in [5.41, 5.74) is 2.03. The summed E-state index contributed by atoms with van der Waals surface area (Å²) in [6.07, 6.45) is 2.81. The normalized spacial score (nSPS) is 18.1. The van der Waals surface area contributed by atoms with Crippen LogP contribution in [0.5, 0.6) is 0 Å². The van der Waals surface area contributed by atoms with E-state index in [0.29, 0.717) is 22.1 Å². The topological polar surface area (TPSA) is 57.6 Å². The molecule has 0 radical (unpaired) electrons. The SMILES string of the molecule is CCCC(C(=O)O)N1C(=O)C(=Cc2ccc(C)cc2)SC1=S. The van der Waals surface area contributed by atoms with Gasteiger partial charge >= 0.3 is 5.97 Å². The van der Waals surface area contributed by atoms with Crippen LogP contribution in [0.4, 0.5) is 0 Å². The summed E-state index contributed by atoms with van der Waals surface area (Å²) in [5, 5.41) is 9.32. The van der Waals surface area contributed by atoms with Gasteiger partial charge in [-0.05, 0) is 25.0 Å². The third-order valence-electron chi connectivity index (χ3n) is 3.36. The highest BCUT2D eigenvalue weighted by molar-refractivity contribution is 8.26. The Kier molecular flexibility index (Phi) is 5.37. The third-order valence-corrected chi connectivity index (χ3v) is 4.69. The minimum atomic E-state index is -1.02. The molecule has 1 aromatic carbocycles. The monoisotopic (exact) mass is 335 g/mol. The molecule has 22 heavy (non-hydrogen) atoms. The molecule has 0 bridgehead atoms. The number of carboxylic acids is 1. The Morgan fingerprint density at radius 2 is 2.05 bits per heavy atom. The average molecular weight is 335 g/mol. The van der Waals surface area contributed by atoms with Gasteiger partial charge in [0.1, 0.15) is 10.4 Å². The fraction of sp³-hybridized carbons (Fsp3) is 0.312. The van der Waals surface area contributed by atoms with Crippen LogP contribution in [-0.4, -0.2) is 32.2 Å². The number of thiocarbonyl (C=S) groups is 1. The number of carbonyl (C=O) groups is 2. The van der Waals surface area contributed by atoms with Crippen molar-refractivity contribution < 1.29 is 14.7 Å². The van der Waals surface area contributed by atoms with Crippen molar-refractivity contribution in [2.45, 2.75) is 32.7 Å². The summed E-state index contributed by atoms with van der Waals surface area (Å²) in [4.78, 5) is 25.6. The number of nitrogens with zero attached hydrogens (tertiary/aromatic N) is 1. The van der Waals surface area contributed by atoms with Crippen molar-refractivity contribution >= 4 is 46.3 Å². The molecule has 0 aliphatic carbocycles. The molecule has 116 valence electrons. The molecule has 1 unspecified atom stereocenters. The first-order chi connectivity index (χ1) is 10.4. The fourth-order valence-corrected chi connectivity index (χ4v) is 3.56. The van der Waals surface area contributed by atoms with Crippen molar-refractivity contribution in [3.63, 3.8) is 0 Å². The van der Waals surface area contributed by atoms with Crippen LogP contribution in [0, 0.1) is 6.92 Å². The number of aliphatic carboxylic acids is 1. The van der Waals surface area contributed by atoms with Gasteiger partial charge in [0, 0.05) is 0 Å². The summed E-state index contributed by atoms with van der Waals surface area (Å²) in [7, 11) is 0. The van der Waals surface area contributed by atoms with Gasteiger partial charge in [0.15, 0.2) is 0 Å². The van der Waals surface area contributed by atoms with Gasteiger partial charge in [0.2, 0.25) is 0 Å². The number of carboxylic acid groups (broad SMARTS) is 1. The van der Waals surface area contributed by atoms with E-state index in [2.05, 4.69) is 0 Å². The van der Waals surface area contributed by atoms with Crippen LogP contribution in [0.25, 0.3) is 6.08 Å². The van der Waals surface area contributed by atoms with E-state index >= 15 is 0 Å². The number of thioether (sulfide) groups is 1. The van der Waals surface area contributed by atoms with E-state index in [9.17, 15) is 14.7 Å². The molecule has 1 amide bonds. The standard InChI is InChI=1S/C16H17NO3S2/c1-3-4-12(15(19)20)17-14(18)13(22-16(17)21)9-11-7-5-10(2)6-8-11/h5-9,12H,3-4H2,1-2H3,(H,19,20). The summed E-state index contributed by atoms with van der Waals surface area (Å²) < 4.78 is 0.309. The van der Waals surface area contributed by atoms with Gasteiger partial charge in [-0.3, -0.25) is 9.69 Å². The maximum absolute atomic E-state index is 12.5. The third kappa shape index (κ3) is 3.56. The van der Waals surface area contributed by atoms with E-state index in [4.69, 9.17) is 12.2 Å². The van der Waals surface area contributed by atoms with E-state index in [-0.39, 0.29) is 5.91 Å². The average Bonchev–Trinajstić information content (AvgIpc) is 2.73. The number of benzene rings is 1. The zero-order valence-corrected chi connectivity index (χ0v) is 14.0. The smallest absolute Gasteiger partial charge is 0.326 e. The summed E-state index contributed by atoms with van der Waals surface area (Å²) in [6.45, 7) is 3.88. The molecule has 1 heterocycles. The molecule has 6 heteroatoms. The number of rotatable bonds is 5. The lowest BCUT2D eigenvalue weighted by atomic mass is 10.1. The molecule has 1 aliphatic heterocycles. The number of carbonyl (C=O) groups excluding carboxylic acids is 1. The molecule has 1 saturated heterocycles. The molecule has 1 fully saturated rings. The van der Waals surface area contributed by atoms with Gasteiger partial charge in [0.05, 0.1) is 4.91 Å². The van der Waals surface area contributed by atoms with Crippen molar-refractivity contribution in [3.8, 4) is 0 Å². The number of hydrogen-bond donors (Lipinski definition) is 1. The first-order valence-electron chi connectivity index (χ1n) is 7.00. The summed E-state index contributed by atoms with van der Waals surface area (Å²) in [5.74, 6) is -1.34. The highest BCUT2D eigenvalue weighted by atomic mass is 32.2. The van der Waals surface area contributed by atoms with Crippen LogP contribution in [0.3, 0.4) is 0 Å². The number of hydrogen-bond acceptors (Lipinski definition) is 4. The first-order valence-corrected chi connectivity index (χ1v) is 8.23. The van der Waals surface area contributed by atoms with Crippen molar-refractivity contribution in [2.24, 2.45) is 0 Å². The fourth-order valence-electron chi connectivity index (χ4n) is 2.20. The number of amides is 1. The Balaban J connectivity index is 2.27. The zero-order chi connectivity index (χ0) is 16.3. The van der Waals surface area contributed by atoms with E-state index in [1.165, 1.54) is 4.90 Å². The highest BCUT2D eigenvalue weighted by Gasteiger charge is 2.39. The maximum atomic E-state index is 12.5. The second kappa shape index (κ2) is 7.07. The molecular weight excluding hydrogens is 318 g/mol. The summed E-state index contributed by atoms with van der Waals surface area (Å²) in [6, 6.07) is 6.87. The zero-order valence-electron chi connectivity index (χ0n) is 12.4. The Hall–Kier alpha value is -1.66. The Bertz CT molecular complexity index is 637. The van der Waals surface area contributed by atoms with E-state index in [1.54, 1.807) is 6.08 Å². The van der Waals surface area contributed by atoms with Crippen LogP contribution in [-0.2, 0) is 9.59 Å². The van der Waals surface area contributed by atoms with E-state index in [1.807, 2.05) is 38.1 Å². The molecule has 1 aliphatic rings. The second-order valence-corrected chi connectivity index (χ2v) is 6.78. The van der Waals surface area contributed by atoms with Crippen molar-refractivity contribution in [1.82, 2.24) is 4.90 Å². The van der Waals surface area contributed by atoms with Crippen LogP contribution in [0.15, 0.2) is 29.2 Å². The molecular formula is C16H17NO3S2. The predicted molar refractivity (Wildman–Crippen MR) is 92.5 cm³/mol. The largest absolute Gasteiger partial charge is 0.480 e. The maximum Gasteiger partial charge on any atom is 0.326 e. The van der Waals surface area contributed by atoms with Crippen molar-refractivity contribution in [2.75, 3.05) is 0 Å². The minimum absolute atomic E-state index is 0.309. The lowest BCUT2D eigenvalue weighted by Crippen LogP contribution is -2.43. The highest BCUT2D eigenvalue weighted by Crippen LogP contribution is 2.34. The minimum Gasteiger partial charge on any atom is -0.480 e. The van der Waals surface area contributed by atoms with Gasteiger partial charge in [-0.15, -0.1) is 0 Å². The molecule has 0 saturated carbocycles. The molecule has 2 rings (SSSR count). The summed E-state index contributed by atoms with van der Waals surface area (Å²) >= 11 is 6.36. The second-order valence-electron chi connectivity index (χ2n) is 5.11. The lowest BCUT2D eigenvalue weighted by Gasteiger charge is -2.22. The predicted octanol–water partition coefficient (Wildman–Crippen LogP) is 3.45. The van der Waals surface area contributed by atoms with Crippen LogP contribution < -0.4 is 0 Å². The van der Waals surface area contributed by atoms with E-state index in [0.717, 1.165) is 22.9 Å². The Morgan fingerprint density at radius 3 is 2.59 bits per heavy atom. The molecule has 4 nitrogen and oxygen atoms in total. The molecule has 1 aromatic rings. The Labute approximate surface area is 139 Å². The first kappa shape index (κ1) is 16.7. The van der Waals surface area contributed by atoms with Crippen LogP contribution in [0.1, 0.15) is 30.9 Å². The van der Waals surface area contributed by atoms with Crippen LogP contribution in [0.2, 0.25) is 0 Å². The van der Waals surface area contributed by atoms with Gasteiger partial charge in [-0.25, -0.2) is 4.79 Å². The molecule has 1 N–H and O–H groups in total. The molecule has 0 aromatic heterocycles. The van der Waals surface area contributed by atoms with Crippen molar-refractivity contribution in [3.05, 3.63) is 40.3 Å². The Morgan fingerprint density at radius 1 is 1.41 bits per heavy atom. The van der Waals surface area contributed by atoms with Gasteiger partial charge in [0.25, 0.3) is 5.91 Å². The van der Waals surface area contributed by atoms with Crippen LogP contribution >= 0.6 is 24.0 Å². The molecule has 1 atom stereocenters.